The molecule has 0 bridgehead atoms. The number of ether oxygens (including phenoxy) is 1. The van der Waals surface area contributed by atoms with Crippen LogP contribution in [0.1, 0.15) is 41.2 Å². The number of nitrogens with zero attached hydrogens (tertiary/aromatic N) is 5. The topological polar surface area (TPSA) is 71.5 Å². The molecule has 27 heavy (non-hydrogen) atoms. The van der Waals surface area contributed by atoms with E-state index in [1.165, 1.54) is 0 Å². The van der Waals surface area contributed by atoms with E-state index >= 15 is 0 Å². The Morgan fingerprint density at radius 1 is 1.07 bits per heavy atom. The number of carbonyl (C=O) groups is 1. The monoisotopic (exact) mass is 369 g/mol. The first-order valence-electron chi connectivity index (χ1n) is 9.48. The van der Waals surface area contributed by atoms with Crippen molar-refractivity contribution in [3.05, 3.63) is 40.7 Å². The molecule has 2 heterocycles. The van der Waals surface area contributed by atoms with Gasteiger partial charge in [0.2, 0.25) is 5.95 Å². The van der Waals surface area contributed by atoms with Gasteiger partial charge in [-0.3, -0.25) is 4.79 Å². The normalized spacial score (nSPS) is 14.4. The van der Waals surface area contributed by atoms with Crippen molar-refractivity contribution in [3.63, 3.8) is 0 Å². The van der Waals surface area contributed by atoms with Crippen molar-refractivity contribution < 1.29 is 9.53 Å². The second kappa shape index (κ2) is 8.33. The highest BCUT2D eigenvalue weighted by atomic mass is 16.5. The van der Waals surface area contributed by atoms with Gasteiger partial charge in [-0.15, -0.1) is 5.10 Å². The average Bonchev–Trinajstić information content (AvgIpc) is 2.73. The van der Waals surface area contributed by atoms with Crippen LogP contribution >= 0.6 is 0 Å². The number of rotatable bonds is 5. The Hall–Kier alpha value is -2.70. The summed E-state index contributed by atoms with van der Waals surface area (Å²) in [6.45, 7) is 8.78. The van der Waals surface area contributed by atoms with E-state index in [0.29, 0.717) is 37.7 Å². The molecule has 144 valence electrons. The summed E-state index contributed by atoms with van der Waals surface area (Å²) in [6, 6.07) is 5.59. The fourth-order valence-corrected chi connectivity index (χ4v) is 3.31. The standard InChI is InChI=1S/C20H27N5O2/c1-5-16-17(6-2)22-23-20(21-16)25-11-9-24(10-12-25)19(26)15-8-7-14(3)18(13-15)27-4/h7-8,13H,5-6,9-12H2,1-4H3. The predicted molar refractivity (Wildman–Crippen MR) is 104 cm³/mol. The van der Waals surface area contributed by atoms with Crippen LogP contribution < -0.4 is 9.64 Å². The lowest BCUT2D eigenvalue weighted by atomic mass is 10.1. The number of aromatic nitrogens is 3. The number of aryl methyl sites for hydroxylation is 3. The van der Waals surface area contributed by atoms with Crippen molar-refractivity contribution >= 4 is 11.9 Å². The second-order valence-corrected chi connectivity index (χ2v) is 6.68. The molecule has 1 aliphatic rings. The van der Waals surface area contributed by atoms with Gasteiger partial charge in [0.25, 0.3) is 5.91 Å². The maximum atomic E-state index is 12.8. The largest absolute Gasteiger partial charge is 0.496 e. The van der Waals surface area contributed by atoms with E-state index in [1.54, 1.807) is 7.11 Å². The SMILES string of the molecule is CCc1nnc(N2CCN(C(=O)c3ccc(C)c(OC)c3)CC2)nc1CC. The number of hydrogen-bond donors (Lipinski definition) is 0. The summed E-state index contributed by atoms with van der Waals surface area (Å²) >= 11 is 0. The van der Waals surface area contributed by atoms with E-state index in [2.05, 4.69) is 33.9 Å². The Balaban J connectivity index is 1.67. The first kappa shape index (κ1) is 19.1. The quantitative estimate of drug-likeness (QED) is 0.805. The van der Waals surface area contributed by atoms with Crippen molar-refractivity contribution in [1.82, 2.24) is 20.1 Å². The van der Waals surface area contributed by atoms with Crippen LogP contribution in [0.25, 0.3) is 0 Å². The number of piperazine rings is 1. The molecule has 0 N–H and O–H groups in total. The second-order valence-electron chi connectivity index (χ2n) is 6.68. The molecule has 0 unspecified atom stereocenters. The van der Waals surface area contributed by atoms with Crippen LogP contribution in [-0.2, 0) is 12.8 Å². The van der Waals surface area contributed by atoms with E-state index in [1.807, 2.05) is 30.0 Å². The fraction of sp³-hybridized carbons (Fsp3) is 0.500. The minimum Gasteiger partial charge on any atom is -0.496 e. The van der Waals surface area contributed by atoms with Gasteiger partial charge in [0.1, 0.15) is 5.75 Å². The third-order valence-electron chi connectivity index (χ3n) is 5.00. The number of methoxy groups -OCH3 is 1. The van der Waals surface area contributed by atoms with Crippen molar-refractivity contribution in [2.24, 2.45) is 0 Å². The molecule has 1 amide bonds. The van der Waals surface area contributed by atoms with E-state index in [4.69, 9.17) is 4.74 Å². The van der Waals surface area contributed by atoms with Crippen molar-refractivity contribution in [2.75, 3.05) is 38.2 Å². The van der Waals surface area contributed by atoms with E-state index in [-0.39, 0.29) is 5.91 Å². The minimum absolute atomic E-state index is 0.0302. The van der Waals surface area contributed by atoms with E-state index in [0.717, 1.165) is 35.5 Å². The molecule has 3 rings (SSSR count). The van der Waals surface area contributed by atoms with Crippen LogP contribution in [0.3, 0.4) is 0 Å². The van der Waals surface area contributed by atoms with Crippen LogP contribution in [0.15, 0.2) is 18.2 Å². The highest BCUT2D eigenvalue weighted by Gasteiger charge is 2.24. The Morgan fingerprint density at radius 2 is 1.78 bits per heavy atom. The summed E-state index contributed by atoms with van der Waals surface area (Å²) in [6.07, 6.45) is 1.69. The molecular weight excluding hydrogens is 342 g/mol. The van der Waals surface area contributed by atoms with Gasteiger partial charge in [-0.25, -0.2) is 4.98 Å². The maximum absolute atomic E-state index is 12.8. The minimum atomic E-state index is 0.0302. The van der Waals surface area contributed by atoms with Gasteiger partial charge in [-0.1, -0.05) is 19.9 Å². The molecule has 1 aromatic heterocycles. The summed E-state index contributed by atoms with van der Waals surface area (Å²) in [4.78, 5) is 21.5. The lowest BCUT2D eigenvalue weighted by Gasteiger charge is -2.34. The molecule has 0 aliphatic carbocycles. The first-order chi connectivity index (χ1) is 13.1. The zero-order valence-electron chi connectivity index (χ0n) is 16.5. The Kier molecular flexibility index (Phi) is 5.88. The molecule has 7 nitrogen and oxygen atoms in total. The van der Waals surface area contributed by atoms with Gasteiger partial charge in [0, 0.05) is 31.7 Å². The molecular formula is C20H27N5O2. The molecule has 1 saturated heterocycles. The molecule has 0 spiro atoms. The zero-order valence-corrected chi connectivity index (χ0v) is 16.5. The number of hydrogen-bond acceptors (Lipinski definition) is 6. The van der Waals surface area contributed by atoms with Crippen LogP contribution in [-0.4, -0.2) is 59.3 Å². The average molecular weight is 369 g/mol. The van der Waals surface area contributed by atoms with Crippen LogP contribution in [0, 0.1) is 6.92 Å². The smallest absolute Gasteiger partial charge is 0.254 e. The Labute approximate surface area is 160 Å². The lowest BCUT2D eigenvalue weighted by Crippen LogP contribution is -2.49. The summed E-state index contributed by atoms with van der Waals surface area (Å²) < 4.78 is 5.34. The first-order valence-corrected chi connectivity index (χ1v) is 9.48. The third kappa shape index (κ3) is 4.02. The predicted octanol–water partition coefficient (Wildman–Crippen LogP) is 2.28. The van der Waals surface area contributed by atoms with Crippen LogP contribution in [0.5, 0.6) is 5.75 Å². The van der Waals surface area contributed by atoms with E-state index in [9.17, 15) is 4.79 Å². The molecule has 1 aromatic carbocycles. The summed E-state index contributed by atoms with van der Waals surface area (Å²) in [5.74, 6) is 1.43. The van der Waals surface area contributed by atoms with Gasteiger partial charge in [0.05, 0.1) is 18.5 Å². The molecule has 1 aliphatic heterocycles. The number of carbonyl (C=O) groups excluding carboxylic acids is 1. The molecule has 0 saturated carbocycles. The zero-order chi connectivity index (χ0) is 19.4. The highest BCUT2D eigenvalue weighted by Crippen LogP contribution is 2.21. The number of amides is 1. The molecule has 2 aromatic rings. The van der Waals surface area contributed by atoms with Gasteiger partial charge < -0.3 is 14.5 Å². The lowest BCUT2D eigenvalue weighted by molar-refractivity contribution is 0.0746. The Morgan fingerprint density at radius 3 is 2.41 bits per heavy atom. The van der Waals surface area contributed by atoms with Gasteiger partial charge in [-0.05, 0) is 37.5 Å². The number of benzene rings is 1. The van der Waals surface area contributed by atoms with E-state index < -0.39 is 0 Å². The summed E-state index contributed by atoms with van der Waals surface area (Å²) in [5, 5.41) is 8.61. The summed E-state index contributed by atoms with van der Waals surface area (Å²) in [5.41, 5.74) is 3.64. The Bertz CT molecular complexity index is 816. The van der Waals surface area contributed by atoms with Crippen molar-refractivity contribution in [2.45, 2.75) is 33.6 Å². The van der Waals surface area contributed by atoms with Gasteiger partial charge >= 0.3 is 0 Å². The molecule has 7 heteroatoms. The maximum Gasteiger partial charge on any atom is 0.254 e. The molecule has 0 atom stereocenters. The van der Waals surface area contributed by atoms with Crippen LogP contribution in [0.2, 0.25) is 0 Å². The molecule has 1 fully saturated rings. The third-order valence-corrected chi connectivity index (χ3v) is 5.00. The van der Waals surface area contributed by atoms with Crippen molar-refractivity contribution in [1.29, 1.82) is 0 Å². The highest BCUT2D eigenvalue weighted by molar-refractivity contribution is 5.95. The van der Waals surface area contributed by atoms with Crippen LogP contribution in [0.4, 0.5) is 5.95 Å². The van der Waals surface area contributed by atoms with Gasteiger partial charge in [0.15, 0.2) is 0 Å². The summed E-state index contributed by atoms with van der Waals surface area (Å²) in [7, 11) is 1.62. The molecule has 0 radical (unpaired) electrons. The van der Waals surface area contributed by atoms with Crippen molar-refractivity contribution in [3.8, 4) is 5.75 Å². The number of anilines is 1. The van der Waals surface area contributed by atoms with Gasteiger partial charge in [-0.2, -0.15) is 5.10 Å². The fourth-order valence-electron chi connectivity index (χ4n) is 3.31.